The van der Waals surface area contributed by atoms with Crippen molar-refractivity contribution in [3.8, 4) is 0 Å². The summed E-state index contributed by atoms with van der Waals surface area (Å²) in [4.78, 5) is 0. The van der Waals surface area contributed by atoms with Crippen LogP contribution in [0, 0.1) is 5.92 Å². The normalized spacial score (nSPS) is 12.3. The van der Waals surface area contributed by atoms with Crippen molar-refractivity contribution in [1.29, 1.82) is 0 Å². The molecular weight excluding hydrogens is 220 g/mol. The lowest BCUT2D eigenvalue weighted by Crippen LogP contribution is -2.08. The molecule has 1 nitrogen and oxygen atoms in total. The Hall–Kier alpha value is -1.60. The van der Waals surface area contributed by atoms with E-state index in [2.05, 4.69) is 49.4 Å². The lowest BCUT2D eigenvalue weighted by molar-refractivity contribution is 0.0922. The van der Waals surface area contributed by atoms with E-state index in [-0.39, 0.29) is 0 Å². The van der Waals surface area contributed by atoms with Crippen molar-refractivity contribution < 1.29 is 4.74 Å². The Morgan fingerprint density at radius 2 is 1.39 bits per heavy atom. The van der Waals surface area contributed by atoms with Gasteiger partial charge in [-0.3, -0.25) is 0 Å². The number of benzene rings is 2. The highest BCUT2D eigenvalue weighted by Crippen LogP contribution is 2.09. The molecule has 0 saturated carbocycles. The molecule has 0 N–H and O–H groups in total. The molecule has 0 aromatic heterocycles. The molecule has 0 saturated heterocycles. The minimum atomic E-state index is 0.552. The van der Waals surface area contributed by atoms with E-state index in [1.165, 1.54) is 11.1 Å². The number of hydrogen-bond acceptors (Lipinski definition) is 1. The largest absolute Gasteiger partial charge is 0.376 e. The topological polar surface area (TPSA) is 9.23 Å². The predicted octanol–water partition coefficient (Wildman–Crippen LogP) is 4.08. The Kier molecular flexibility index (Phi) is 4.98. The van der Waals surface area contributed by atoms with E-state index in [0.29, 0.717) is 12.5 Å². The van der Waals surface area contributed by atoms with Gasteiger partial charge in [0.2, 0.25) is 0 Å². The Morgan fingerprint density at radius 3 is 2.00 bits per heavy atom. The summed E-state index contributed by atoms with van der Waals surface area (Å²) in [5, 5.41) is 0. The maximum atomic E-state index is 5.75. The third-order valence-corrected chi connectivity index (χ3v) is 2.94. The maximum Gasteiger partial charge on any atom is 0.0717 e. The van der Waals surface area contributed by atoms with Crippen LogP contribution in [0.15, 0.2) is 60.7 Å². The van der Waals surface area contributed by atoms with Crippen LogP contribution in [0.5, 0.6) is 0 Å². The zero-order chi connectivity index (χ0) is 12.6. The first-order valence-electron chi connectivity index (χ1n) is 6.50. The van der Waals surface area contributed by atoms with Gasteiger partial charge in [0.1, 0.15) is 0 Å². The Morgan fingerprint density at radius 1 is 0.833 bits per heavy atom. The first kappa shape index (κ1) is 12.8. The lowest BCUT2D eigenvalue weighted by Gasteiger charge is -2.12. The van der Waals surface area contributed by atoms with Gasteiger partial charge in [-0.1, -0.05) is 67.6 Å². The molecule has 94 valence electrons. The first-order chi connectivity index (χ1) is 8.84. The fraction of sp³-hybridized carbons (Fsp3) is 0.294. The summed E-state index contributed by atoms with van der Waals surface area (Å²) in [5.41, 5.74) is 2.62. The Bertz CT molecular complexity index is 436. The van der Waals surface area contributed by atoms with Gasteiger partial charge in [-0.25, -0.2) is 0 Å². The highest BCUT2D eigenvalue weighted by Gasteiger charge is 2.03. The highest BCUT2D eigenvalue weighted by atomic mass is 16.5. The molecule has 0 fully saturated rings. The van der Waals surface area contributed by atoms with Crippen LogP contribution in [-0.4, -0.2) is 6.61 Å². The molecule has 2 aromatic carbocycles. The molecule has 0 bridgehead atoms. The zero-order valence-electron chi connectivity index (χ0n) is 10.9. The molecule has 2 aromatic rings. The number of ether oxygens (including phenoxy) is 1. The van der Waals surface area contributed by atoms with E-state index >= 15 is 0 Å². The van der Waals surface area contributed by atoms with Crippen molar-refractivity contribution in [2.24, 2.45) is 5.92 Å². The van der Waals surface area contributed by atoms with Crippen molar-refractivity contribution in [3.63, 3.8) is 0 Å². The molecule has 1 heteroatoms. The van der Waals surface area contributed by atoms with Crippen molar-refractivity contribution >= 4 is 0 Å². The van der Waals surface area contributed by atoms with Gasteiger partial charge in [-0.05, 0) is 23.5 Å². The second-order valence-corrected chi connectivity index (χ2v) is 4.80. The quantitative estimate of drug-likeness (QED) is 0.739. The van der Waals surface area contributed by atoms with Crippen LogP contribution in [0.1, 0.15) is 18.1 Å². The van der Waals surface area contributed by atoms with E-state index in [1.54, 1.807) is 0 Å². The molecule has 0 spiro atoms. The van der Waals surface area contributed by atoms with Gasteiger partial charge in [0, 0.05) is 6.61 Å². The Labute approximate surface area is 109 Å². The fourth-order valence-electron chi connectivity index (χ4n) is 2.03. The predicted molar refractivity (Wildman–Crippen MR) is 75.4 cm³/mol. The molecule has 0 radical (unpaired) electrons. The second-order valence-electron chi connectivity index (χ2n) is 4.80. The molecule has 0 aliphatic carbocycles. The van der Waals surface area contributed by atoms with Gasteiger partial charge in [0.25, 0.3) is 0 Å². The van der Waals surface area contributed by atoms with E-state index in [0.717, 1.165) is 13.0 Å². The van der Waals surface area contributed by atoms with Gasteiger partial charge in [0.15, 0.2) is 0 Å². The van der Waals surface area contributed by atoms with Crippen LogP contribution in [-0.2, 0) is 17.8 Å². The summed E-state index contributed by atoms with van der Waals surface area (Å²) < 4.78 is 5.75. The van der Waals surface area contributed by atoms with Crippen molar-refractivity contribution in [2.75, 3.05) is 6.61 Å². The van der Waals surface area contributed by atoms with Crippen molar-refractivity contribution in [3.05, 3.63) is 71.8 Å². The Balaban J connectivity index is 1.71. The van der Waals surface area contributed by atoms with E-state index < -0.39 is 0 Å². The second kappa shape index (κ2) is 6.97. The zero-order valence-corrected chi connectivity index (χ0v) is 10.9. The van der Waals surface area contributed by atoms with Crippen LogP contribution >= 0.6 is 0 Å². The van der Waals surface area contributed by atoms with Crippen molar-refractivity contribution in [2.45, 2.75) is 20.0 Å². The molecule has 0 heterocycles. The molecule has 2 rings (SSSR count). The summed E-state index contributed by atoms with van der Waals surface area (Å²) in [6.45, 7) is 3.75. The van der Waals surface area contributed by atoms with Crippen LogP contribution in [0.4, 0.5) is 0 Å². The van der Waals surface area contributed by atoms with E-state index in [9.17, 15) is 0 Å². The van der Waals surface area contributed by atoms with Crippen LogP contribution < -0.4 is 0 Å². The smallest absolute Gasteiger partial charge is 0.0717 e. The SMILES string of the molecule is C[C@H](COCc1ccccc1)Cc1ccccc1. The summed E-state index contributed by atoms with van der Waals surface area (Å²) in [6.07, 6.45) is 1.08. The highest BCUT2D eigenvalue weighted by molar-refractivity contribution is 5.15. The molecule has 18 heavy (non-hydrogen) atoms. The summed E-state index contributed by atoms with van der Waals surface area (Å²) in [6, 6.07) is 20.9. The number of rotatable bonds is 6. The molecular formula is C17H20O. The lowest BCUT2D eigenvalue weighted by atomic mass is 10.0. The van der Waals surface area contributed by atoms with Gasteiger partial charge in [-0.15, -0.1) is 0 Å². The summed E-state index contributed by atoms with van der Waals surface area (Å²) in [7, 11) is 0. The van der Waals surface area contributed by atoms with Crippen LogP contribution in [0.2, 0.25) is 0 Å². The average Bonchev–Trinajstić information content (AvgIpc) is 2.41. The molecule has 0 aliphatic heterocycles. The third-order valence-electron chi connectivity index (χ3n) is 2.94. The molecule has 0 amide bonds. The van der Waals surface area contributed by atoms with Gasteiger partial charge in [-0.2, -0.15) is 0 Å². The molecule has 0 aliphatic rings. The summed E-state index contributed by atoms with van der Waals surface area (Å²) >= 11 is 0. The summed E-state index contributed by atoms with van der Waals surface area (Å²) in [5.74, 6) is 0.552. The standard InChI is InChI=1S/C17H20O/c1-15(12-16-8-4-2-5-9-16)13-18-14-17-10-6-3-7-11-17/h2-11,15H,12-14H2,1H3/t15-/m0/s1. The third kappa shape index (κ3) is 4.34. The average molecular weight is 240 g/mol. The maximum absolute atomic E-state index is 5.75. The van der Waals surface area contributed by atoms with Gasteiger partial charge >= 0.3 is 0 Å². The minimum Gasteiger partial charge on any atom is -0.376 e. The fourth-order valence-corrected chi connectivity index (χ4v) is 2.03. The van der Waals surface area contributed by atoms with Crippen LogP contribution in [0.3, 0.4) is 0 Å². The van der Waals surface area contributed by atoms with Crippen molar-refractivity contribution in [1.82, 2.24) is 0 Å². The first-order valence-corrected chi connectivity index (χ1v) is 6.50. The molecule has 1 atom stereocenters. The van der Waals surface area contributed by atoms with Gasteiger partial charge in [0.05, 0.1) is 6.61 Å². The van der Waals surface area contributed by atoms with Crippen LogP contribution in [0.25, 0.3) is 0 Å². The monoisotopic (exact) mass is 240 g/mol. The minimum absolute atomic E-state index is 0.552. The van der Waals surface area contributed by atoms with E-state index in [1.807, 2.05) is 18.2 Å². The number of hydrogen-bond donors (Lipinski definition) is 0. The van der Waals surface area contributed by atoms with E-state index in [4.69, 9.17) is 4.74 Å². The molecule has 0 unspecified atom stereocenters. The van der Waals surface area contributed by atoms with Gasteiger partial charge < -0.3 is 4.74 Å².